The van der Waals surface area contributed by atoms with Crippen LogP contribution in [0.2, 0.25) is 5.02 Å². The number of hydrogen-bond acceptors (Lipinski definition) is 7. The summed E-state index contributed by atoms with van der Waals surface area (Å²) < 4.78 is 3.54. The van der Waals surface area contributed by atoms with E-state index in [2.05, 4.69) is 20.3 Å². The highest BCUT2D eigenvalue weighted by molar-refractivity contribution is 7.98. The molecule has 0 radical (unpaired) electrons. The minimum Gasteiger partial charge on any atom is -0.336 e. The molecule has 1 saturated heterocycles. The van der Waals surface area contributed by atoms with Crippen molar-refractivity contribution < 1.29 is 4.79 Å². The van der Waals surface area contributed by atoms with Crippen molar-refractivity contribution in [3.8, 4) is 5.69 Å². The van der Waals surface area contributed by atoms with Crippen LogP contribution in [-0.4, -0.2) is 53.4 Å². The molecule has 3 aromatic heterocycles. The van der Waals surface area contributed by atoms with Crippen molar-refractivity contribution in [1.29, 1.82) is 0 Å². The second kappa shape index (κ2) is 9.75. The second-order valence-electron chi connectivity index (χ2n) is 9.46. The average Bonchev–Trinajstić information content (AvgIpc) is 3.33. The highest BCUT2D eigenvalue weighted by atomic mass is 35.5. The molecule has 2 unspecified atom stereocenters. The lowest BCUT2D eigenvalue weighted by Gasteiger charge is -2.42. The molecule has 2 aliphatic heterocycles. The summed E-state index contributed by atoms with van der Waals surface area (Å²) in [5.41, 5.74) is 3.68. The number of hydrogen-bond donors (Lipinski definition) is 0. The normalized spacial score (nSPS) is 18.5. The van der Waals surface area contributed by atoms with Crippen LogP contribution in [0.1, 0.15) is 39.8 Å². The second-order valence-corrected chi connectivity index (χ2v) is 10.8. The van der Waals surface area contributed by atoms with Crippen LogP contribution in [0.4, 0.5) is 0 Å². The molecule has 1 aromatic carbocycles. The summed E-state index contributed by atoms with van der Waals surface area (Å²) in [4.78, 5) is 36.7. The van der Waals surface area contributed by atoms with Crippen LogP contribution >= 0.6 is 23.4 Å². The van der Waals surface area contributed by atoms with E-state index in [1.807, 2.05) is 40.7 Å². The Labute approximate surface area is 222 Å². The van der Waals surface area contributed by atoms with Crippen LogP contribution in [0.3, 0.4) is 0 Å². The number of rotatable bonds is 5. The van der Waals surface area contributed by atoms with Crippen molar-refractivity contribution in [3.05, 3.63) is 92.9 Å². The van der Waals surface area contributed by atoms with Crippen LogP contribution < -0.4 is 5.56 Å². The van der Waals surface area contributed by atoms with Gasteiger partial charge in [0.15, 0.2) is 10.9 Å². The SMILES string of the molecule is Cc1ccc(-n2nnc(C(=O)N3CC4CC(C3)c3cccc(=O)n3C4)c2CSc2ncccn2)cc1Cl. The van der Waals surface area contributed by atoms with Gasteiger partial charge >= 0.3 is 0 Å². The van der Waals surface area contributed by atoms with Gasteiger partial charge in [-0.3, -0.25) is 9.59 Å². The Bertz CT molecular complexity index is 1540. The molecule has 0 spiro atoms. The fourth-order valence-corrected chi connectivity index (χ4v) is 6.19. The molecule has 5 heterocycles. The number of fused-ring (bicyclic) bond motifs is 4. The predicted molar refractivity (Wildman–Crippen MR) is 140 cm³/mol. The van der Waals surface area contributed by atoms with Crippen molar-refractivity contribution in [1.82, 2.24) is 34.4 Å². The van der Waals surface area contributed by atoms with Crippen molar-refractivity contribution in [3.63, 3.8) is 0 Å². The number of nitrogens with zero attached hydrogens (tertiary/aromatic N) is 7. The molecule has 0 aliphatic carbocycles. The summed E-state index contributed by atoms with van der Waals surface area (Å²) in [7, 11) is 0. The average molecular weight is 534 g/mol. The first-order valence-electron chi connectivity index (χ1n) is 12.1. The van der Waals surface area contributed by atoms with Gasteiger partial charge in [-0.05, 0) is 49.1 Å². The van der Waals surface area contributed by atoms with Crippen LogP contribution in [0, 0.1) is 12.8 Å². The third-order valence-electron chi connectivity index (χ3n) is 7.01. The molecule has 4 aromatic rings. The van der Waals surface area contributed by atoms with E-state index in [1.54, 1.807) is 35.3 Å². The van der Waals surface area contributed by atoms with E-state index in [9.17, 15) is 9.59 Å². The molecule has 11 heteroatoms. The van der Waals surface area contributed by atoms with Crippen LogP contribution in [-0.2, 0) is 12.3 Å². The molecule has 2 bridgehead atoms. The maximum Gasteiger partial charge on any atom is 0.276 e. The van der Waals surface area contributed by atoms with Crippen LogP contribution in [0.15, 0.2) is 64.8 Å². The number of aryl methyl sites for hydroxylation is 1. The summed E-state index contributed by atoms with van der Waals surface area (Å²) in [5, 5.41) is 9.94. The van der Waals surface area contributed by atoms with E-state index < -0.39 is 0 Å². The molecule has 2 aliphatic rings. The topological polar surface area (TPSA) is 98.8 Å². The number of carbonyl (C=O) groups is 1. The Morgan fingerprint density at radius 3 is 2.76 bits per heavy atom. The summed E-state index contributed by atoms with van der Waals surface area (Å²) in [6, 6.07) is 12.8. The molecular formula is C26H24ClN7O2S. The third kappa shape index (κ3) is 4.55. The minimum absolute atomic E-state index is 0.0223. The quantitative estimate of drug-likeness (QED) is 0.285. The van der Waals surface area contributed by atoms with E-state index in [4.69, 9.17) is 11.6 Å². The minimum atomic E-state index is -0.157. The Kier molecular flexibility index (Phi) is 6.29. The first-order chi connectivity index (χ1) is 18.0. The zero-order valence-corrected chi connectivity index (χ0v) is 21.7. The Morgan fingerprint density at radius 2 is 1.95 bits per heavy atom. The van der Waals surface area contributed by atoms with E-state index in [0.29, 0.717) is 47.0 Å². The number of thioether (sulfide) groups is 1. The fourth-order valence-electron chi connectivity index (χ4n) is 5.22. The van der Waals surface area contributed by atoms with Crippen molar-refractivity contribution in [2.45, 2.75) is 36.7 Å². The number of aromatic nitrogens is 6. The van der Waals surface area contributed by atoms with Gasteiger partial charge in [-0.15, -0.1) is 5.10 Å². The Hall–Kier alpha value is -3.50. The van der Waals surface area contributed by atoms with Gasteiger partial charge in [-0.25, -0.2) is 14.6 Å². The molecule has 1 amide bonds. The first kappa shape index (κ1) is 23.9. The van der Waals surface area contributed by atoms with Gasteiger partial charge in [0.1, 0.15) is 0 Å². The molecule has 2 atom stereocenters. The van der Waals surface area contributed by atoms with Gasteiger partial charge < -0.3 is 9.47 Å². The summed E-state index contributed by atoms with van der Waals surface area (Å²) >= 11 is 7.82. The van der Waals surface area contributed by atoms with Gasteiger partial charge in [0.05, 0.1) is 11.4 Å². The number of carbonyl (C=O) groups excluding carboxylic acids is 1. The van der Waals surface area contributed by atoms with Gasteiger partial charge in [0.25, 0.3) is 11.5 Å². The Balaban J connectivity index is 1.33. The zero-order valence-electron chi connectivity index (χ0n) is 20.1. The number of benzene rings is 1. The fraction of sp³-hybridized carbons (Fsp3) is 0.308. The lowest BCUT2D eigenvalue weighted by molar-refractivity contribution is 0.0588. The molecule has 9 nitrogen and oxygen atoms in total. The predicted octanol–water partition coefficient (Wildman–Crippen LogP) is 3.73. The van der Waals surface area contributed by atoms with Crippen LogP contribution in [0.25, 0.3) is 5.69 Å². The molecule has 37 heavy (non-hydrogen) atoms. The van der Waals surface area contributed by atoms with E-state index >= 15 is 0 Å². The molecule has 6 rings (SSSR count). The van der Waals surface area contributed by atoms with E-state index in [-0.39, 0.29) is 23.3 Å². The standard InChI is InChI=1S/C26H24ClN7O2S/c1-16-6-7-19(11-20(16)27)34-22(15-37-26-28-8-3-9-29-26)24(30-31-34)25(36)32-12-17-10-18(14-32)21-4-2-5-23(35)33(21)13-17/h2-9,11,17-18H,10,12-15H2,1H3. The van der Waals surface area contributed by atoms with Crippen molar-refractivity contribution in [2.75, 3.05) is 13.1 Å². The lowest BCUT2D eigenvalue weighted by atomic mass is 9.83. The first-order valence-corrected chi connectivity index (χ1v) is 13.4. The molecule has 188 valence electrons. The summed E-state index contributed by atoms with van der Waals surface area (Å²) in [6.45, 7) is 3.67. The smallest absolute Gasteiger partial charge is 0.276 e. The third-order valence-corrected chi connectivity index (χ3v) is 8.31. The van der Waals surface area contributed by atoms with Gasteiger partial charge in [0.2, 0.25) is 0 Å². The summed E-state index contributed by atoms with van der Waals surface area (Å²) in [6.07, 6.45) is 4.34. The monoisotopic (exact) mass is 533 g/mol. The van der Waals surface area contributed by atoms with Gasteiger partial charge in [0, 0.05) is 60.5 Å². The molecule has 0 saturated carbocycles. The van der Waals surface area contributed by atoms with E-state index in [1.165, 1.54) is 11.8 Å². The van der Waals surface area contributed by atoms with Crippen LogP contribution in [0.5, 0.6) is 0 Å². The lowest BCUT2D eigenvalue weighted by Crippen LogP contribution is -2.49. The van der Waals surface area contributed by atoms with Gasteiger partial charge in [-0.2, -0.15) is 0 Å². The number of piperidine rings is 1. The van der Waals surface area contributed by atoms with E-state index in [0.717, 1.165) is 23.4 Å². The zero-order chi connectivity index (χ0) is 25.5. The largest absolute Gasteiger partial charge is 0.336 e. The Morgan fingerprint density at radius 1 is 1.11 bits per heavy atom. The molecule has 1 fully saturated rings. The van der Waals surface area contributed by atoms with Gasteiger partial charge in [-0.1, -0.05) is 40.7 Å². The van der Waals surface area contributed by atoms with Crippen molar-refractivity contribution >= 4 is 29.3 Å². The maximum absolute atomic E-state index is 13.9. The molecular weight excluding hydrogens is 510 g/mol. The maximum atomic E-state index is 13.9. The highest BCUT2D eigenvalue weighted by Crippen LogP contribution is 2.36. The molecule has 0 N–H and O–H groups in total. The van der Waals surface area contributed by atoms with Crippen molar-refractivity contribution in [2.24, 2.45) is 5.92 Å². The number of likely N-dealkylation sites (tertiary alicyclic amines) is 1. The number of pyridine rings is 1. The summed E-state index contributed by atoms with van der Waals surface area (Å²) in [5.74, 6) is 0.585. The number of amides is 1. The highest BCUT2D eigenvalue weighted by Gasteiger charge is 2.38. The number of halogens is 1.